The van der Waals surface area contributed by atoms with Crippen LogP contribution in [-0.2, 0) is 39.3 Å². The summed E-state index contributed by atoms with van der Waals surface area (Å²) in [7, 11) is 0. The molecule has 2 N–H and O–H groups in total. The molecule has 0 unspecified atom stereocenters. The Hall–Kier alpha value is -9.48. The summed E-state index contributed by atoms with van der Waals surface area (Å²) < 4.78 is 19.2. The number of imidazole rings is 2. The largest absolute Gasteiger partial charge is 0.490 e. The van der Waals surface area contributed by atoms with Gasteiger partial charge in [-0.05, 0) is 180 Å². The lowest BCUT2D eigenvalue weighted by Crippen LogP contribution is -2.47. The van der Waals surface area contributed by atoms with Gasteiger partial charge in [0.1, 0.15) is 22.9 Å². The third-order valence-electron chi connectivity index (χ3n) is 16.7. The number of nitrogens with zero attached hydrogens (tertiary/aromatic N) is 10. The van der Waals surface area contributed by atoms with Gasteiger partial charge in [-0.15, -0.1) is 0 Å². The first-order chi connectivity index (χ1) is 45.6. The molecule has 0 radical (unpaired) electrons. The Bertz CT molecular complexity index is 4380. The van der Waals surface area contributed by atoms with Crippen LogP contribution < -0.4 is 31.5 Å². The smallest absolute Gasteiger partial charge is 0.333 e. The topological polar surface area (TPSA) is 223 Å². The minimum Gasteiger partial charge on any atom is -0.490 e. The Labute approximate surface area is 566 Å². The first-order valence-electron chi connectivity index (χ1n) is 30.6. The van der Waals surface area contributed by atoms with Crippen LogP contribution in [-0.4, -0.2) is 95.9 Å². The average molecular weight is 1430 g/mol. The van der Waals surface area contributed by atoms with Crippen LogP contribution in [0.25, 0.3) is 34.2 Å². The van der Waals surface area contributed by atoms with E-state index >= 15 is 0 Å². The molecular formula is C70H60Br2Cl2N12O8. The molecule has 4 aliphatic rings. The molecule has 10 aromatic rings. The summed E-state index contributed by atoms with van der Waals surface area (Å²) in [4.78, 5) is 105. The van der Waals surface area contributed by atoms with Gasteiger partial charge in [0.25, 0.3) is 23.6 Å². The van der Waals surface area contributed by atoms with Crippen LogP contribution >= 0.6 is 55.1 Å². The molecule has 4 aromatic heterocycles. The third-order valence-corrected chi connectivity index (χ3v) is 19.2. The van der Waals surface area contributed by atoms with Gasteiger partial charge in [0.05, 0.1) is 58.1 Å². The fourth-order valence-corrected chi connectivity index (χ4v) is 12.5. The summed E-state index contributed by atoms with van der Waals surface area (Å²) in [6.45, 7) is 4.64. The molecule has 24 heteroatoms. The summed E-state index contributed by atoms with van der Waals surface area (Å²) in [5, 5.41) is 6.89. The van der Waals surface area contributed by atoms with E-state index in [1.165, 1.54) is 9.13 Å². The summed E-state index contributed by atoms with van der Waals surface area (Å²) in [5.74, 6) is 1.10. The van der Waals surface area contributed by atoms with Crippen molar-refractivity contribution in [2.45, 2.75) is 103 Å². The molecule has 2 fully saturated rings. The van der Waals surface area contributed by atoms with Crippen LogP contribution in [0.1, 0.15) is 104 Å². The second-order valence-corrected chi connectivity index (χ2v) is 25.8. The molecule has 0 spiro atoms. The van der Waals surface area contributed by atoms with Gasteiger partial charge in [-0.1, -0.05) is 71.7 Å². The summed E-state index contributed by atoms with van der Waals surface area (Å²) in [5.41, 5.74) is 5.58. The van der Waals surface area contributed by atoms with Crippen molar-refractivity contribution in [2.75, 3.05) is 0 Å². The van der Waals surface area contributed by atoms with Gasteiger partial charge in [-0.25, -0.2) is 29.5 Å². The van der Waals surface area contributed by atoms with Crippen LogP contribution in [0.5, 0.6) is 11.5 Å². The van der Waals surface area contributed by atoms with Crippen molar-refractivity contribution in [1.29, 1.82) is 0 Å². The highest BCUT2D eigenvalue weighted by atomic mass is 79.9. The molecule has 94 heavy (non-hydrogen) atoms. The lowest BCUT2D eigenvalue weighted by molar-refractivity contribution is 0.0604. The predicted molar refractivity (Wildman–Crippen MR) is 362 cm³/mol. The number of carbonyl (C=O) groups is 4. The molecule has 2 atom stereocenters. The number of amides is 4. The molecule has 2 saturated carbocycles. The van der Waals surface area contributed by atoms with E-state index in [2.05, 4.69) is 62.4 Å². The third kappa shape index (κ3) is 13.4. The van der Waals surface area contributed by atoms with Gasteiger partial charge in [0.15, 0.2) is 11.6 Å². The number of hydrogen-bond acceptors (Lipinski definition) is 12. The van der Waals surface area contributed by atoms with E-state index in [4.69, 9.17) is 32.7 Å². The Morgan fingerprint density at radius 2 is 0.883 bits per heavy atom. The highest BCUT2D eigenvalue weighted by Gasteiger charge is 2.38. The van der Waals surface area contributed by atoms with E-state index in [0.717, 1.165) is 47.9 Å². The number of nitrogens with one attached hydrogen (secondary N) is 2. The zero-order chi connectivity index (χ0) is 65.3. The van der Waals surface area contributed by atoms with Gasteiger partial charge < -0.3 is 29.9 Å². The van der Waals surface area contributed by atoms with E-state index in [0.29, 0.717) is 76.0 Å². The molecule has 2 aliphatic carbocycles. The molecule has 20 nitrogen and oxygen atoms in total. The Morgan fingerprint density at radius 3 is 1.24 bits per heavy atom. The minimum absolute atomic E-state index is 0.0516. The number of rotatable bonds is 16. The molecule has 6 heterocycles. The van der Waals surface area contributed by atoms with Crippen LogP contribution in [0.4, 0.5) is 0 Å². The van der Waals surface area contributed by atoms with E-state index in [1.54, 1.807) is 117 Å². The van der Waals surface area contributed by atoms with Crippen molar-refractivity contribution in [3.8, 4) is 45.6 Å². The highest BCUT2D eigenvalue weighted by Crippen LogP contribution is 2.34. The normalized spacial score (nSPS) is 15.6. The van der Waals surface area contributed by atoms with Crippen molar-refractivity contribution in [3.63, 3.8) is 0 Å². The maximum Gasteiger partial charge on any atom is 0.333 e. The van der Waals surface area contributed by atoms with Crippen LogP contribution in [0, 0.1) is 0 Å². The van der Waals surface area contributed by atoms with Crippen molar-refractivity contribution in [3.05, 3.63) is 255 Å². The van der Waals surface area contributed by atoms with Gasteiger partial charge in [0.2, 0.25) is 0 Å². The number of hydrogen-bond donors (Lipinski definition) is 2. The summed E-state index contributed by atoms with van der Waals surface area (Å²) >= 11 is 19.4. The Balaban J connectivity index is 0.000000171. The molecule has 476 valence electrons. The predicted octanol–water partition coefficient (Wildman–Crippen LogP) is 12.1. The number of carbonyl (C=O) groups excluding carboxylic acids is 4. The first-order valence-corrected chi connectivity index (χ1v) is 32.9. The molecule has 6 aromatic carbocycles. The monoisotopic (exact) mass is 1420 g/mol. The molecule has 0 saturated heterocycles. The van der Waals surface area contributed by atoms with Crippen LogP contribution in [0.3, 0.4) is 0 Å². The average Bonchev–Trinajstić information content (AvgIpc) is 1.60. The molecule has 4 amide bonds. The van der Waals surface area contributed by atoms with E-state index < -0.39 is 11.8 Å². The SMILES string of the molecule is C[C@@H]1Cn2c(c(C(=O)NCc3ccccc3-c3ncccn3)n(-c3ccc(OC4CC4)cc3)c2=O)CN1C(=O)c1ccc(Br)c(Cl)c1.C[C@H]1Cn2c(c(C(=O)NCc3ccccc3-c3ncccn3)n(-c3ccc(OC4CC4)cc3)c2=O)CN1C(=O)c1ccc(Br)c(Cl)c1. The molecular weight excluding hydrogens is 1370 g/mol. The Kier molecular flexibility index (Phi) is 18.3. The van der Waals surface area contributed by atoms with E-state index in [9.17, 15) is 28.8 Å². The van der Waals surface area contributed by atoms with Crippen molar-refractivity contribution in [2.24, 2.45) is 0 Å². The summed E-state index contributed by atoms with van der Waals surface area (Å²) in [6.07, 6.45) is 11.2. The van der Waals surface area contributed by atoms with Crippen molar-refractivity contribution >= 4 is 78.7 Å². The zero-order valence-corrected chi connectivity index (χ0v) is 55.5. The lowest BCUT2D eigenvalue weighted by Gasteiger charge is -2.34. The van der Waals surface area contributed by atoms with Gasteiger partial charge in [0, 0.05) is 94.2 Å². The minimum atomic E-state index is -0.452. The fourth-order valence-electron chi connectivity index (χ4n) is 11.6. The summed E-state index contributed by atoms with van der Waals surface area (Å²) in [6, 6.07) is 42.4. The molecule has 2 aliphatic heterocycles. The number of ether oxygens (including phenoxy) is 2. The maximum absolute atomic E-state index is 14.2. The van der Waals surface area contributed by atoms with Gasteiger partial charge in [-0.2, -0.15) is 0 Å². The molecule has 14 rings (SSSR count). The van der Waals surface area contributed by atoms with E-state index in [-0.39, 0.29) is 98.1 Å². The van der Waals surface area contributed by atoms with Crippen molar-refractivity contribution in [1.82, 2.24) is 58.6 Å². The lowest BCUT2D eigenvalue weighted by atomic mass is 10.1. The van der Waals surface area contributed by atoms with Crippen LogP contribution in [0.15, 0.2) is 189 Å². The Morgan fingerprint density at radius 1 is 0.511 bits per heavy atom. The second-order valence-electron chi connectivity index (χ2n) is 23.3. The number of benzene rings is 6. The number of fused-ring (bicyclic) bond motifs is 2. The maximum atomic E-state index is 14.2. The fraction of sp³-hybridized carbons (Fsp3) is 0.229. The standard InChI is InChI=1S/2C35H30BrClN6O4/c2*1-21-19-42-30(20-41(21)34(45)22-7-14-28(36)29(37)17-22)31(43(35(42)46)24-8-10-25(11-9-24)47-26-12-13-26)33(44)40-18-23-5-2-3-6-27(23)32-38-15-4-16-39-32/h2*2-11,14-17,21,26H,12-13,18-20H2,1H3,(H,40,44)/t2*21-/m10/s1. The zero-order valence-electron chi connectivity index (χ0n) is 50.8. The number of halogens is 4. The van der Waals surface area contributed by atoms with Gasteiger partial charge in [-0.3, -0.25) is 37.4 Å². The molecule has 0 bridgehead atoms. The van der Waals surface area contributed by atoms with Crippen LogP contribution in [0.2, 0.25) is 10.0 Å². The van der Waals surface area contributed by atoms with Crippen molar-refractivity contribution < 1.29 is 28.7 Å². The quantitative estimate of drug-likeness (QED) is 0.0922. The second kappa shape index (κ2) is 27.2. The van der Waals surface area contributed by atoms with E-state index in [1.807, 2.05) is 86.6 Å². The highest BCUT2D eigenvalue weighted by molar-refractivity contribution is 9.10. The van der Waals surface area contributed by atoms with Gasteiger partial charge >= 0.3 is 11.4 Å². The first kappa shape index (κ1) is 63.3. The number of aromatic nitrogens is 8.